The summed E-state index contributed by atoms with van der Waals surface area (Å²) in [5.41, 5.74) is 0. The number of hydrogen-bond donors (Lipinski definition) is 0. The molecule has 7 heavy (non-hydrogen) atoms. The monoisotopic (exact) mass is 248 g/mol. The van der Waals surface area contributed by atoms with E-state index in [1.807, 2.05) is 0 Å². The van der Waals surface area contributed by atoms with E-state index in [-0.39, 0.29) is 0 Å². The first kappa shape index (κ1) is 5.86. The molecule has 0 bridgehead atoms. The molecule has 0 fully saturated rings. The molecule has 0 amide bonds. The molecule has 1 aliphatic carbocycles. The quantitative estimate of drug-likeness (QED) is 0.493. The number of halogens is 1. The standard InChI is InChI=1S/C5H5.Fe.HI/c1-2-4-5-3-1;;/h1-3H,4H2;;1H/q;+1;/p-1. The molecule has 0 N–H and O–H groups in total. The molecule has 0 atom stereocenters. The van der Waals surface area contributed by atoms with Crippen LogP contribution in [0.1, 0.15) is 6.42 Å². The van der Waals surface area contributed by atoms with Gasteiger partial charge in [-0.1, -0.05) is 0 Å². The number of hydrogen-bond acceptors (Lipinski definition) is 0. The second kappa shape index (κ2) is 2.90. The van der Waals surface area contributed by atoms with Gasteiger partial charge in [0.25, 0.3) is 0 Å². The van der Waals surface area contributed by atoms with Crippen molar-refractivity contribution in [3.05, 3.63) is 22.7 Å². The van der Waals surface area contributed by atoms with Crippen molar-refractivity contribution in [2.24, 2.45) is 0 Å². The molecule has 0 nitrogen and oxygen atoms in total. The summed E-state index contributed by atoms with van der Waals surface area (Å²) in [5, 5.41) is 0. The van der Waals surface area contributed by atoms with Crippen LogP contribution in [0.3, 0.4) is 0 Å². The summed E-state index contributed by atoms with van der Waals surface area (Å²) in [6.07, 6.45) is 7.68. The fraction of sp³-hybridized carbons (Fsp3) is 0.200. The fourth-order valence-corrected chi connectivity index (χ4v) is 2.02. The van der Waals surface area contributed by atoms with Crippen LogP contribution in [0.15, 0.2) is 22.7 Å². The third kappa shape index (κ3) is 1.59. The molecule has 0 saturated carbocycles. The molecule has 0 radical (unpaired) electrons. The van der Waals surface area contributed by atoms with Crippen LogP contribution in [0.25, 0.3) is 0 Å². The predicted octanol–water partition coefficient (Wildman–Crippen LogP) is 2.26. The molecule has 0 aromatic heterocycles. The Bertz CT molecular complexity index is 115. The molecule has 2 heteroatoms. The molecular formula is C5H5FeI. The SMILES string of the molecule is [I][Fe][C]1=CC=CC1. The van der Waals surface area contributed by atoms with Gasteiger partial charge in [0.1, 0.15) is 0 Å². The summed E-state index contributed by atoms with van der Waals surface area (Å²) in [7, 11) is 0. The Morgan fingerprint density at radius 1 is 1.71 bits per heavy atom. The molecule has 0 aromatic carbocycles. The van der Waals surface area contributed by atoms with Gasteiger partial charge in [-0.2, -0.15) is 0 Å². The normalized spacial score (nSPS) is 18.1. The van der Waals surface area contributed by atoms with Gasteiger partial charge in [-0.05, 0) is 0 Å². The van der Waals surface area contributed by atoms with Gasteiger partial charge in [0.2, 0.25) is 0 Å². The Morgan fingerprint density at radius 2 is 2.57 bits per heavy atom. The zero-order valence-electron chi connectivity index (χ0n) is 3.67. The minimum absolute atomic E-state index is 1.18. The van der Waals surface area contributed by atoms with Crippen molar-refractivity contribution >= 4 is 20.3 Å². The summed E-state index contributed by atoms with van der Waals surface area (Å²) < 4.78 is 1.54. The van der Waals surface area contributed by atoms with Crippen LogP contribution in [-0.4, -0.2) is 0 Å². The van der Waals surface area contributed by atoms with E-state index >= 15 is 0 Å². The molecule has 0 heterocycles. The Kier molecular flexibility index (Phi) is 2.43. The summed E-state index contributed by atoms with van der Waals surface area (Å²) in [6.45, 7) is 0. The van der Waals surface area contributed by atoms with Crippen LogP contribution in [0, 0.1) is 0 Å². The third-order valence-corrected chi connectivity index (χ3v) is 3.50. The zero-order valence-corrected chi connectivity index (χ0v) is 6.93. The molecule has 1 aliphatic rings. The van der Waals surface area contributed by atoms with E-state index in [0.717, 1.165) is 0 Å². The average Bonchev–Trinajstić information content (AvgIpc) is 2.14. The van der Waals surface area contributed by atoms with Crippen molar-refractivity contribution < 1.29 is 11.7 Å². The number of rotatable bonds is 1. The Balaban J connectivity index is 2.45. The zero-order chi connectivity index (χ0) is 5.11. The van der Waals surface area contributed by atoms with Gasteiger partial charge >= 0.3 is 61.2 Å². The van der Waals surface area contributed by atoms with Gasteiger partial charge in [0.05, 0.1) is 0 Å². The summed E-state index contributed by atoms with van der Waals surface area (Å²) >= 11 is 3.57. The van der Waals surface area contributed by atoms with Gasteiger partial charge in [-0.15, -0.1) is 0 Å². The predicted molar refractivity (Wildman–Crippen MR) is 35.9 cm³/mol. The Labute approximate surface area is 61.0 Å². The van der Waals surface area contributed by atoms with Crippen LogP contribution < -0.4 is 0 Å². The van der Waals surface area contributed by atoms with Crippen LogP contribution in [0.5, 0.6) is 0 Å². The van der Waals surface area contributed by atoms with Crippen LogP contribution in [0.2, 0.25) is 0 Å². The van der Waals surface area contributed by atoms with E-state index in [1.54, 1.807) is 4.47 Å². The van der Waals surface area contributed by atoms with Crippen LogP contribution in [-0.2, 0) is 11.7 Å². The minimum atomic E-state index is 1.18. The first-order valence-electron chi connectivity index (χ1n) is 2.03. The van der Waals surface area contributed by atoms with Crippen molar-refractivity contribution in [1.82, 2.24) is 0 Å². The third-order valence-electron chi connectivity index (χ3n) is 0.803. The van der Waals surface area contributed by atoms with Crippen LogP contribution >= 0.6 is 20.3 Å². The Morgan fingerprint density at radius 3 is 2.86 bits per heavy atom. The van der Waals surface area contributed by atoms with Crippen molar-refractivity contribution in [3.63, 3.8) is 0 Å². The van der Waals surface area contributed by atoms with Crippen molar-refractivity contribution in [1.29, 1.82) is 0 Å². The van der Waals surface area contributed by atoms with Crippen molar-refractivity contribution in [3.8, 4) is 0 Å². The van der Waals surface area contributed by atoms with Gasteiger partial charge in [-0.3, -0.25) is 0 Å². The number of allylic oxidation sites excluding steroid dienone is 4. The second-order valence-electron chi connectivity index (χ2n) is 1.30. The Hall–Kier alpha value is 0.729. The van der Waals surface area contributed by atoms with Crippen LogP contribution in [0.4, 0.5) is 0 Å². The molecule has 0 unspecified atom stereocenters. The van der Waals surface area contributed by atoms with Gasteiger partial charge in [0, 0.05) is 0 Å². The maximum absolute atomic E-state index is 2.38. The summed E-state index contributed by atoms with van der Waals surface area (Å²) in [6, 6.07) is 0. The van der Waals surface area contributed by atoms with E-state index < -0.39 is 0 Å². The molecular weight excluding hydrogens is 243 g/mol. The van der Waals surface area contributed by atoms with E-state index in [1.165, 1.54) is 18.1 Å². The van der Waals surface area contributed by atoms with E-state index in [9.17, 15) is 0 Å². The van der Waals surface area contributed by atoms with Crippen molar-refractivity contribution in [2.45, 2.75) is 6.42 Å². The van der Waals surface area contributed by atoms with Gasteiger partial charge < -0.3 is 0 Å². The first-order valence-corrected chi connectivity index (χ1v) is 6.14. The molecule has 0 aromatic rings. The topological polar surface area (TPSA) is 0 Å². The van der Waals surface area contributed by atoms with E-state index in [2.05, 4.69) is 38.6 Å². The van der Waals surface area contributed by atoms with E-state index in [0.29, 0.717) is 0 Å². The molecule has 0 spiro atoms. The summed E-state index contributed by atoms with van der Waals surface area (Å²) in [5.74, 6) is 0. The fourth-order valence-electron chi connectivity index (χ4n) is 0.465. The van der Waals surface area contributed by atoms with Gasteiger partial charge in [0.15, 0.2) is 0 Å². The second-order valence-corrected chi connectivity index (χ2v) is 3.79. The van der Waals surface area contributed by atoms with E-state index in [4.69, 9.17) is 0 Å². The molecule has 0 aliphatic heterocycles. The molecule has 40 valence electrons. The van der Waals surface area contributed by atoms with Crippen molar-refractivity contribution in [2.75, 3.05) is 0 Å². The first-order chi connectivity index (χ1) is 3.43. The average molecular weight is 248 g/mol. The molecule has 0 saturated heterocycles. The maximum atomic E-state index is 2.38. The van der Waals surface area contributed by atoms with Gasteiger partial charge in [-0.25, -0.2) is 0 Å². The summed E-state index contributed by atoms with van der Waals surface area (Å²) in [4.78, 5) is 0. The molecule has 1 rings (SSSR count).